The van der Waals surface area contributed by atoms with E-state index in [9.17, 15) is 0 Å². The molecule has 0 amide bonds. The van der Waals surface area contributed by atoms with Crippen LogP contribution in [-0.2, 0) is 0 Å². The van der Waals surface area contributed by atoms with Gasteiger partial charge in [-0.25, -0.2) is 4.98 Å². The van der Waals surface area contributed by atoms with Crippen LogP contribution in [0.1, 0.15) is 36.6 Å². The predicted octanol–water partition coefficient (Wildman–Crippen LogP) is 3.17. The van der Waals surface area contributed by atoms with Crippen LogP contribution in [0.25, 0.3) is 11.4 Å². The summed E-state index contributed by atoms with van der Waals surface area (Å²) in [5.41, 5.74) is 1.75. The maximum absolute atomic E-state index is 8.90. The fraction of sp³-hybridized carbons (Fsp3) is 0.350. The van der Waals surface area contributed by atoms with Gasteiger partial charge in [0.15, 0.2) is 0 Å². The molecular weight excluding hydrogens is 340 g/mol. The lowest BCUT2D eigenvalue weighted by Gasteiger charge is -2.33. The highest BCUT2D eigenvalue weighted by molar-refractivity contribution is 5.52. The van der Waals surface area contributed by atoms with Crippen molar-refractivity contribution >= 4 is 5.82 Å². The highest BCUT2D eigenvalue weighted by Gasteiger charge is 2.58. The zero-order chi connectivity index (χ0) is 18.3. The maximum atomic E-state index is 8.90. The molecule has 1 saturated heterocycles. The van der Waals surface area contributed by atoms with E-state index in [1.54, 1.807) is 18.6 Å². The third-order valence-corrected chi connectivity index (χ3v) is 5.81. The number of hydrogen-bond donors (Lipinski definition) is 0. The van der Waals surface area contributed by atoms with E-state index in [1.165, 1.54) is 0 Å². The van der Waals surface area contributed by atoms with Gasteiger partial charge in [0.05, 0.1) is 5.56 Å². The first-order valence-corrected chi connectivity index (χ1v) is 9.13. The Labute approximate surface area is 156 Å². The van der Waals surface area contributed by atoms with Gasteiger partial charge in [-0.3, -0.25) is 4.98 Å². The molecule has 7 nitrogen and oxygen atoms in total. The average molecular weight is 358 g/mol. The molecule has 2 fully saturated rings. The molecule has 4 heterocycles. The van der Waals surface area contributed by atoms with Gasteiger partial charge in [-0.05, 0) is 48.9 Å². The molecule has 0 N–H and O–H groups in total. The lowest BCUT2D eigenvalue weighted by atomic mass is 9.90. The van der Waals surface area contributed by atoms with Gasteiger partial charge in [-0.1, -0.05) is 5.16 Å². The number of piperidine rings is 1. The van der Waals surface area contributed by atoms with Crippen LogP contribution in [0.2, 0.25) is 0 Å². The van der Waals surface area contributed by atoms with Crippen LogP contribution in [0, 0.1) is 16.7 Å². The molecule has 7 heteroatoms. The van der Waals surface area contributed by atoms with Crippen molar-refractivity contribution in [3.63, 3.8) is 0 Å². The topological polar surface area (TPSA) is 91.7 Å². The fourth-order valence-corrected chi connectivity index (χ4v) is 4.06. The minimum absolute atomic E-state index is 0.280. The molecule has 0 radical (unpaired) electrons. The Morgan fingerprint density at radius 1 is 1.19 bits per heavy atom. The molecule has 3 aromatic rings. The fourth-order valence-electron chi connectivity index (χ4n) is 4.06. The lowest BCUT2D eigenvalue weighted by Crippen LogP contribution is -2.35. The van der Waals surface area contributed by atoms with Gasteiger partial charge >= 0.3 is 0 Å². The van der Waals surface area contributed by atoms with Gasteiger partial charge in [0.2, 0.25) is 11.7 Å². The van der Waals surface area contributed by atoms with Gasteiger partial charge in [-0.15, -0.1) is 0 Å². The highest BCUT2D eigenvalue weighted by atomic mass is 16.5. The molecule has 0 bridgehead atoms. The van der Waals surface area contributed by atoms with Crippen molar-refractivity contribution in [2.24, 2.45) is 5.41 Å². The molecular formula is C20H18N6O. The first-order valence-electron chi connectivity index (χ1n) is 9.13. The molecule has 1 atom stereocenters. The van der Waals surface area contributed by atoms with Crippen LogP contribution in [0.15, 0.2) is 47.4 Å². The number of nitrogens with zero attached hydrogens (tertiary/aromatic N) is 6. The second kappa shape index (κ2) is 6.16. The Kier molecular flexibility index (Phi) is 3.64. The summed E-state index contributed by atoms with van der Waals surface area (Å²) in [6.45, 7) is 1.91. The molecule has 1 spiro atoms. The van der Waals surface area contributed by atoms with Crippen molar-refractivity contribution in [1.29, 1.82) is 5.26 Å². The Hall–Kier alpha value is -3.27. The molecule has 27 heavy (non-hydrogen) atoms. The van der Waals surface area contributed by atoms with E-state index in [0.717, 1.165) is 49.6 Å². The van der Waals surface area contributed by atoms with E-state index in [4.69, 9.17) is 9.78 Å². The minimum atomic E-state index is 0.280. The largest absolute Gasteiger partial charge is 0.357 e. The number of anilines is 1. The summed E-state index contributed by atoms with van der Waals surface area (Å²) in [5, 5.41) is 13.0. The van der Waals surface area contributed by atoms with Crippen LogP contribution in [-0.4, -0.2) is 33.2 Å². The Balaban J connectivity index is 1.25. The molecule has 1 unspecified atom stereocenters. The number of nitriles is 1. The van der Waals surface area contributed by atoms with E-state index in [1.807, 2.05) is 24.3 Å². The smallest absolute Gasteiger partial charge is 0.230 e. The zero-order valence-electron chi connectivity index (χ0n) is 14.7. The Bertz CT molecular complexity index is 983. The molecule has 1 aliphatic heterocycles. The monoisotopic (exact) mass is 358 g/mol. The summed E-state index contributed by atoms with van der Waals surface area (Å²) >= 11 is 0. The summed E-state index contributed by atoms with van der Waals surface area (Å²) in [6, 6.07) is 9.67. The van der Waals surface area contributed by atoms with E-state index in [0.29, 0.717) is 17.3 Å². The minimum Gasteiger partial charge on any atom is -0.357 e. The van der Waals surface area contributed by atoms with Crippen LogP contribution < -0.4 is 4.90 Å². The second-order valence-electron chi connectivity index (χ2n) is 7.32. The quantitative estimate of drug-likeness (QED) is 0.710. The normalized spacial score (nSPS) is 20.4. The molecule has 3 aromatic heterocycles. The molecule has 1 aliphatic carbocycles. The zero-order valence-corrected chi connectivity index (χ0v) is 14.7. The SMILES string of the molecule is N#Cc1ccc(N2CCC3(CC2)CC3c2nc(-c3cccnc3)no2)nc1. The van der Waals surface area contributed by atoms with Gasteiger partial charge in [0.25, 0.3) is 0 Å². The van der Waals surface area contributed by atoms with Gasteiger partial charge in [0, 0.05) is 43.2 Å². The molecule has 2 aliphatic rings. The van der Waals surface area contributed by atoms with Gasteiger partial charge in [-0.2, -0.15) is 10.2 Å². The van der Waals surface area contributed by atoms with Gasteiger partial charge < -0.3 is 9.42 Å². The van der Waals surface area contributed by atoms with Gasteiger partial charge in [0.1, 0.15) is 11.9 Å². The van der Waals surface area contributed by atoms with E-state index in [2.05, 4.69) is 31.1 Å². The molecule has 0 aromatic carbocycles. The van der Waals surface area contributed by atoms with Crippen molar-refractivity contribution in [2.45, 2.75) is 25.2 Å². The van der Waals surface area contributed by atoms with Crippen LogP contribution in [0.3, 0.4) is 0 Å². The maximum Gasteiger partial charge on any atom is 0.230 e. The summed E-state index contributed by atoms with van der Waals surface area (Å²) in [6.07, 6.45) is 8.40. The number of aromatic nitrogens is 4. The molecule has 134 valence electrons. The third kappa shape index (κ3) is 2.83. The lowest BCUT2D eigenvalue weighted by molar-refractivity contribution is 0.326. The van der Waals surface area contributed by atoms with Crippen molar-refractivity contribution in [1.82, 2.24) is 20.1 Å². The van der Waals surface area contributed by atoms with Crippen molar-refractivity contribution < 1.29 is 4.52 Å². The van der Waals surface area contributed by atoms with Crippen LogP contribution in [0.5, 0.6) is 0 Å². The molecule has 1 saturated carbocycles. The van der Waals surface area contributed by atoms with Crippen molar-refractivity contribution in [3.05, 3.63) is 54.3 Å². The van der Waals surface area contributed by atoms with E-state index >= 15 is 0 Å². The third-order valence-electron chi connectivity index (χ3n) is 5.81. The first kappa shape index (κ1) is 15.9. The standard InChI is InChI=1S/C20H18N6O/c21-11-14-3-4-17(23-12-14)26-8-5-20(6-9-26)10-16(20)19-24-18(25-27-19)15-2-1-7-22-13-15/h1-4,7,12-13,16H,5-6,8-10H2. The van der Waals surface area contributed by atoms with Crippen LogP contribution >= 0.6 is 0 Å². The summed E-state index contributed by atoms with van der Waals surface area (Å²) in [7, 11) is 0. The van der Waals surface area contributed by atoms with Crippen molar-refractivity contribution in [2.75, 3.05) is 18.0 Å². The number of pyridine rings is 2. The second-order valence-corrected chi connectivity index (χ2v) is 7.32. The summed E-state index contributed by atoms with van der Waals surface area (Å²) in [5.74, 6) is 2.65. The number of rotatable bonds is 3. The van der Waals surface area contributed by atoms with E-state index < -0.39 is 0 Å². The highest BCUT2D eigenvalue weighted by Crippen LogP contribution is 2.64. The van der Waals surface area contributed by atoms with E-state index in [-0.39, 0.29) is 5.41 Å². The summed E-state index contributed by atoms with van der Waals surface area (Å²) in [4.78, 5) is 15.4. The average Bonchev–Trinajstić information content (AvgIpc) is 3.21. The van der Waals surface area contributed by atoms with Crippen molar-refractivity contribution in [3.8, 4) is 17.5 Å². The van der Waals surface area contributed by atoms with Crippen LogP contribution in [0.4, 0.5) is 5.82 Å². The Morgan fingerprint density at radius 2 is 2.07 bits per heavy atom. The Morgan fingerprint density at radius 3 is 2.78 bits per heavy atom. The summed E-state index contributed by atoms with van der Waals surface area (Å²) < 4.78 is 5.56. The molecule has 5 rings (SSSR count). The number of hydrogen-bond acceptors (Lipinski definition) is 7. The predicted molar refractivity (Wildman–Crippen MR) is 97.7 cm³/mol. The first-order chi connectivity index (χ1) is 13.3.